The molecule has 2 aromatic rings. The average molecular weight is 353 g/mol. The van der Waals surface area contributed by atoms with E-state index >= 15 is 0 Å². The van der Waals surface area contributed by atoms with Crippen molar-refractivity contribution in [2.75, 3.05) is 6.61 Å². The van der Waals surface area contributed by atoms with Gasteiger partial charge >= 0.3 is 0 Å². The summed E-state index contributed by atoms with van der Waals surface area (Å²) in [6.45, 7) is 0.792. The molecule has 1 unspecified atom stereocenters. The van der Waals surface area contributed by atoms with E-state index in [1.807, 2.05) is 22.9 Å². The minimum absolute atomic E-state index is 0.0127. The van der Waals surface area contributed by atoms with Gasteiger partial charge in [0, 0.05) is 12.0 Å². The molecule has 0 N–H and O–H groups in total. The minimum Gasteiger partial charge on any atom is -0.356 e. The number of halogens is 1. The van der Waals surface area contributed by atoms with E-state index in [0.717, 1.165) is 34.1 Å². The van der Waals surface area contributed by atoms with Gasteiger partial charge < -0.3 is 4.74 Å². The molecule has 5 heteroatoms. The summed E-state index contributed by atoms with van der Waals surface area (Å²) in [6.07, 6.45) is 3.29. The van der Waals surface area contributed by atoms with E-state index < -0.39 is 0 Å². The van der Waals surface area contributed by atoms with Crippen LogP contribution in [-0.4, -0.2) is 16.4 Å². The number of aromatic nitrogens is 2. The number of rotatable bonds is 1. The Balaban J connectivity index is 2.13. The van der Waals surface area contributed by atoms with E-state index in [0.29, 0.717) is 5.56 Å². The Morgan fingerprint density at radius 2 is 2.33 bits per heavy atom. The number of fused-ring (bicyclic) bond motifs is 1. The van der Waals surface area contributed by atoms with Crippen molar-refractivity contribution in [1.82, 2.24) is 9.78 Å². The van der Waals surface area contributed by atoms with Crippen LogP contribution in [0.4, 0.5) is 0 Å². The molecular weight excluding hydrogens is 341 g/mol. The lowest BCUT2D eigenvalue weighted by Crippen LogP contribution is -2.19. The van der Waals surface area contributed by atoms with Crippen LogP contribution >= 0.6 is 22.6 Å². The maximum atomic E-state index is 8.99. The third kappa shape index (κ3) is 1.99. The molecule has 0 amide bonds. The summed E-state index contributed by atoms with van der Waals surface area (Å²) in [6, 6.07) is 7.86. The topological polar surface area (TPSA) is 50.8 Å². The van der Waals surface area contributed by atoms with Crippen molar-refractivity contribution < 1.29 is 4.74 Å². The van der Waals surface area contributed by atoms with Crippen molar-refractivity contribution in [3.05, 3.63) is 27.5 Å². The molecule has 0 bridgehead atoms. The van der Waals surface area contributed by atoms with E-state index in [1.54, 1.807) is 0 Å². The summed E-state index contributed by atoms with van der Waals surface area (Å²) in [7, 11) is 0. The first-order chi connectivity index (χ1) is 8.79. The zero-order valence-electron chi connectivity index (χ0n) is 9.77. The lowest BCUT2D eigenvalue weighted by molar-refractivity contribution is -0.0368. The number of ether oxygens (including phenoxy) is 1. The maximum absolute atomic E-state index is 8.99. The monoisotopic (exact) mass is 353 g/mol. The second kappa shape index (κ2) is 4.86. The molecule has 1 aliphatic rings. The predicted octanol–water partition coefficient (Wildman–Crippen LogP) is 3.21. The van der Waals surface area contributed by atoms with Crippen molar-refractivity contribution >= 4 is 33.5 Å². The fraction of sp³-hybridized carbons (Fsp3) is 0.385. The first-order valence-corrected chi connectivity index (χ1v) is 7.07. The van der Waals surface area contributed by atoms with Crippen molar-refractivity contribution in [1.29, 1.82) is 5.26 Å². The summed E-state index contributed by atoms with van der Waals surface area (Å²) in [4.78, 5) is 0. The van der Waals surface area contributed by atoms with E-state index in [2.05, 4.69) is 33.8 Å². The highest BCUT2D eigenvalue weighted by molar-refractivity contribution is 14.1. The van der Waals surface area contributed by atoms with Crippen molar-refractivity contribution in [2.24, 2.45) is 0 Å². The Morgan fingerprint density at radius 3 is 3.06 bits per heavy atom. The first-order valence-electron chi connectivity index (χ1n) is 5.99. The Labute approximate surface area is 119 Å². The summed E-state index contributed by atoms with van der Waals surface area (Å²) in [5, 5.41) is 14.6. The van der Waals surface area contributed by atoms with E-state index in [9.17, 15) is 0 Å². The molecule has 2 heterocycles. The standard InChI is InChI=1S/C13H12IN3O/c14-13-10-5-4-9(8-15)7-11(10)17(16-13)12-3-1-2-6-18-12/h4-5,7,12H,1-3,6H2. The van der Waals surface area contributed by atoms with Crippen LogP contribution in [0.5, 0.6) is 0 Å². The fourth-order valence-corrected chi connectivity index (χ4v) is 2.99. The number of hydrogen-bond acceptors (Lipinski definition) is 3. The number of nitriles is 1. The van der Waals surface area contributed by atoms with Crippen LogP contribution in [0.1, 0.15) is 31.1 Å². The summed E-state index contributed by atoms with van der Waals surface area (Å²) in [5.74, 6) is 0. The highest BCUT2D eigenvalue weighted by atomic mass is 127. The smallest absolute Gasteiger partial charge is 0.150 e. The van der Waals surface area contributed by atoms with Gasteiger partial charge in [-0.1, -0.05) is 0 Å². The molecule has 1 aromatic heterocycles. The zero-order chi connectivity index (χ0) is 12.5. The number of benzene rings is 1. The van der Waals surface area contributed by atoms with Crippen LogP contribution in [0.2, 0.25) is 0 Å². The van der Waals surface area contributed by atoms with Gasteiger partial charge in [-0.2, -0.15) is 10.4 Å². The van der Waals surface area contributed by atoms with Gasteiger partial charge in [0.05, 0.1) is 17.1 Å². The first kappa shape index (κ1) is 11.9. The lowest BCUT2D eigenvalue weighted by Gasteiger charge is -2.23. The third-order valence-corrected chi connectivity index (χ3v) is 4.02. The van der Waals surface area contributed by atoms with Crippen molar-refractivity contribution in [2.45, 2.75) is 25.5 Å². The SMILES string of the molecule is N#Cc1ccc2c(I)nn(C3CCCCO3)c2c1. The molecule has 1 fully saturated rings. The van der Waals surface area contributed by atoms with Crippen LogP contribution in [0.3, 0.4) is 0 Å². The average Bonchev–Trinajstić information content (AvgIpc) is 2.76. The third-order valence-electron chi connectivity index (χ3n) is 3.22. The molecule has 1 saturated heterocycles. The Bertz CT molecular complexity index is 623. The van der Waals surface area contributed by atoms with Crippen molar-refractivity contribution in [3.63, 3.8) is 0 Å². The van der Waals surface area contributed by atoms with Gasteiger partial charge in [-0.3, -0.25) is 0 Å². The quantitative estimate of drug-likeness (QED) is 0.740. The molecule has 0 radical (unpaired) electrons. The van der Waals surface area contributed by atoms with Gasteiger partial charge in [-0.05, 0) is 60.1 Å². The van der Waals surface area contributed by atoms with Crippen LogP contribution in [0, 0.1) is 15.0 Å². The largest absolute Gasteiger partial charge is 0.356 e. The van der Waals surface area contributed by atoms with Gasteiger partial charge in [0.25, 0.3) is 0 Å². The fourth-order valence-electron chi connectivity index (χ4n) is 2.30. The summed E-state index contributed by atoms with van der Waals surface area (Å²) in [5.41, 5.74) is 1.65. The molecule has 4 nitrogen and oxygen atoms in total. The molecule has 1 aliphatic heterocycles. The van der Waals surface area contributed by atoms with Gasteiger partial charge in [-0.15, -0.1) is 0 Å². The van der Waals surface area contributed by atoms with Crippen molar-refractivity contribution in [3.8, 4) is 6.07 Å². The second-order valence-corrected chi connectivity index (χ2v) is 5.42. The van der Waals surface area contributed by atoms with Gasteiger partial charge in [0.15, 0.2) is 6.23 Å². The minimum atomic E-state index is 0.0127. The van der Waals surface area contributed by atoms with Gasteiger partial charge in [0.1, 0.15) is 3.70 Å². The second-order valence-electron chi connectivity index (χ2n) is 4.40. The van der Waals surface area contributed by atoms with E-state index in [4.69, 9.17) is 10.00 Å². The molecule has 0 aliphatic carbocycles. The number of hydrogen-bond donors (Lipinski definition) is 0. The molecule has 92 valence electrons. The molecule has 0 saturated carbocycles. The number of nitrogens with zero attached hydrogens (tertiary/aromatic N) is 3. The molecule has 0 spiro atoms. The van der Waals surface area contributed by atoms with E-state index in [-0.39, 0.29) is 6.23 Å². The van der Waals surface area contributed by atoms with Gasteiger partial charge in [0.2, 0.25) is 0 Å². The Hall–Kier alpha value is -1.13. The maximum Gasteiger partial charge on any atom is 0.150 e. The van der Waals surface area contributed by atoms with Crippen LogP contribution in [-0.2, 0) is 4.74 Å². The molecular formula is C13H12IN3O. The van der Waals surface area contributed by atoms with E-state index in [1.165, 1.54) is 6.42 Å². The lowest BCUT2D eigenvalue weighted by atomic mass is 10.1. The van der Waals surface area contributed by atoms with Crippen LogP contribution in [0.15, 0.2) is 18.2 Å². The summed E-state index contributed by atoms with van der Waals surface area (Å²) >= 11 is 2.23. The van der Waals surface area contributed by atoms with Crippen LogP contribution < -0.4 is 0 Å². The summed E-state index contributed by atoms with van der Waals surface area (Å²) < 4.78 is 8.66. The molecule has 1 atom stereocenters. The predicted molar refractivity (Wildman–Crippen MR) is 76.0 cm³/mol. The Kier molecular flexibility index (Phi) is 3.22. The van der Waals surface area contributed by atoms with Crippen LogP contribution in [0.25, 0.3) is 10.9 Å². The molecule has 1 aromatic carbocycles. The highest BCUT2D eigenvalue weighted by Crippen LogP contribution is 2.29. The highest BCUT2D eigenvalue weighted by Gasteiger charge is 2.20. The Morgan fingerprint density at radius 1 is 1.44 bits per heavy atom. The molecule has 3 rings (SSSR count). The normalized spacial score (nSPS) is 19.9. The van der Waals surface area contributed by atoms with Gasteiger partial charge in [-0.25, -0.2) is 4.68 Å². The molecule has 18 heavy (non-hydrogen) atoms. The zero-order valence-corrected chi connectivity index (χ0v) is 11.9.